The Morgan fingerprint density at radius 2 is 1.50 bits per heavy atom. The van der Waals surface area contributed by atoms with Gasteiger partial charge in [-0.15, -0.1) is 0 Å². The van der Waals surface area contributed by atoms with Crippen LogP contribution in [-0.4, -0.2) is 38.7 Å². The van der Waals surface area contributed by atoms with Crippen molar-refractivity contribution in [2.75, 3.05) is 4.90 Å². The molecule has 0 radical (unpaired) electrons. The molecular formula is C19H11NO6S2. The molecule has 3 rings (SSSR count). The van der Waals surface area contributed by atoms with Gasteiger partial charge in [-0.1, -0.05) is 48.2 Å². The fraction of sp³-hybridized carbons (Fsp3) is 0. The second kappa shape index (κ2) is 7.75. The largest absolute Gasteiger partial charge is 0.478 e. The average Bonchev–Trinajstić information content (AvgIpc) is 2.95. The Labute approximate surface area is 168 Å². The molecule has 1 fully saturated rings. The Morgan fingerprint density at radius 3 is 2.00 bits per heavy atom. The van der Waals surface area contributed by atoms with E-state index in [0.717, 1.165) is 22.7 Å². The number of anilines is 1. The maximum absolute atomic E-state index is 12.8. The van der Waals surface area contributed by atoms with Gasteiger partial charge in [-0.25, -0.2) is 9.59 Å². The molecule has 0 atom stereocenters. The van der Waals surface area contributed by atoms with Crippen LogP contribution >= 0.6 is 24.0 Å². The average molecular weight is 413 g/mol. The molecule has 7 nitrogen and oxygen atoms in total. The third-order valence-corrected chi connectivity index (χ3v) is 5.14. The van der Waals surface area contributed by atoms with E-state index in [1.165, 1.54) is 12.1 Å². The molecule has 2 aromatic rings. The fourth-order valence-corrected chi connectivity index (χ4v) is 3.80. The van der Waals surface area contributed by atoms with Crippen LogP contribution in [0.5, 0.6) is 0 Å². The topological polar surface area (TPSA) is 112 Å². The molecule has 0 unspecified atom stereocenters. The number of hydrogen-bond acceptors (Lipinski definition) is 6. The smallest absolute Gasteiger partial charge is 0.335 e. The van der Waals surface area contributed by atoms with Crippen LogP contribution in [0.3, 0.4) is 0 Å². The highest BCUT2D eigenvalue weighted by Crippen LogP contribution is 2.36. The van der Waals surface area contributed by atoms with Gasteiger partial charge in [0.25, 0.3) is 5.91 Å². The van der Waals surface area contributed by atoms with Crippen molar-refractivity contribution in [1.82, 2.24) is 0 Å². The highest BCUT2D eigenvalue weighted by molar-refractivity contribution is 8.27. The van der Waals surface area contributed by atoms with Crippen molar-refractivity contribution in [1.29, 1.82) is 0 Å². The number of nitrogens with zero attached hydrogens (tertiary/aromatic N) is 1. The van der Waals surface area contributed by atoms with Gasteiger partial charge in [0.05, 0.1) is 21.7 Å². The van der Waals surface area contributed by atoms with Gasteiger partial charge >= 0.3 is 11.9 Å². The van der Waals surface area contributed by atoms with Crippen molar-refractivity contribution < 1.29 is 29.4 Å². The molecule has 1 aliphatic heterocycles. The summed E-state index contributed by atoms with van der Waals surface area (Å²) >= 11 is 6.25. The minimum absolute atomic E-state index is 0.0690. The number of benzene rings is 2. The van der Waals surface area contributed by atoms with Gasteiger partial charge < -0.3 is 10.2 Å². The van der Waals surface area contributed by atoms with Crippen molar-refractivity contribution in [3.8, 4) is 0 Å². The maximum Gasteiger partial charge on any atom is 0.335 e. The van der Waals surface area contributed by atoms with E-state index >= 15 is 0 Å². The van der Waals surface area contributed by atoms with Gasteiger partial charge in [0.2, 0.25) is 0 Å². The maximum atomic E-state index is 12.8. The van der Waals surface area contributed by atoms with Crippen molar-refractivity contribution >= 4 is 64.2 Å². The molecule has 28 heavy (non-hydrogen) atoms. The predicted octanol–water partition coefficient (Wildman–Crippen LogP) is 3.30. The second-order valence-electron chi connectivity index (χ2n) is 5.68. The molecule has 1 amide bonds. The zero-order chi connectivity index (χ0) is 20.4. The van der Waals surface area contributed by atoms with E-state index in [2.05, 4.69) is 0 Å². The van der Waals surface area contributed by atoms with Crippen LogP contribution in [0, 0.1) is 0 Å². The summed E-state index contributed by atoms with van der Waals surface area (Å²) in [4.78, 5) is 47.5. The lowest BCUT2D eigenvalue weighted by Gasteiger charge is -2.16. The summed E-state index contributed by atoms with van der Waals surface area (Å²) in [6, 6.07) is 9.96. The van der Waals surface area contributed by atoms with Gasteiger partial charge in [-0.2, -0.15) is 0 Å². The quantitative estimate of drug-likeness (QED) is 0.436. The van der Waals surface area contributed by atoms with Gasteiger partial charge in [-0.05, 0) is 29.8 Å². The van der Waals surface area contributed by atoms with Gasteiger partial charge in [0.1, 0.15) is 6.29 Å². The minimum Gasteiger partial charge on any atom is -0.478 e. The van der Waals surface area contributed by atoms with Crippen molar-refractivity contribution in [2.24, 2.45) is 0 Å². The Kier molecular flexibility index (Phi) is 5.39. The van der Waals surface area contributed by atoms with E-state index in [9.17, 15) is 29.4 Å². The SMILES string of the molecule is O=Cc1ccc(C=C2SC(=S)N(c3cc(C(=O)O)cc(C(=O)O)c3)C2=O)cc1. The van der Waals surface area contributed by atoms with Crippen LogP contribution in [0.2, 0.25) is 0 Å². The van der Waals surface area contributed by atoms with Crippen molar-refractivity contribution in [3.05, 3.63) is 69.6 Å². The molecule has 0 aromatic heterocycles. The Bertz CT molecular complexity index is 1030. The van der Waals surface area contributed by atoms with Crippen LogP contribution in [0.15, 0.2) is 47.4 Å². The number of carbonyl (C=O) groups excluding carboxylic acids is 2. The molecule has 2 N–H and O–H groups in total. The molecule has 0 aliphatic carbocycles. The lowest BCUT2D eigenvalue weighted by Crippen LogP contribution is -2.28. The number of thioether (sulfide) groups is 1. The molecular weight excluding hydrogens is 402 g/mol. The first kappa shape index (κ1) is 19.5. The summed E-state index contributed by atoms with van der Waals surface area (Å²) in [5.41, 5.74) is 0.710. The molecule has 0 spiro atoms. The normalized spacial score (nSPS) is 15.1. The monoisotopic (exact) mass is 413 g/mol. The van der Waals surface area contributed by atoms with Crippen molar-refractivity contribution in [2.45, 2.75) is 0 Å². The Morgan fingerprint density at radius 1 is 0.964 bits per heavy atom. The third kappa shape index (κ3) is 3.85. The van der Waals surface area contributed by atoms with Crippen LogP contribution in [0.1, 0.15) is 36.6 Å². The standard InChI is InChI=1S/C19H11NO6S2/c21-9-11-3-1-10(2-4-11)5-15-16(22)20(19(27)28-15)14-7-12(17(23)24)6-13(8-14)18(25)26/h1-9H,(H,23,24)(H,25,26). The number of carbonyl (C=O) groups is 4. The summed E-state index contributed by atoms with van der Waals surface area (Å²) in [7, 11) is 0. The van der Waals surface area contributed by atoms with E-state index in [1.807, 2.05) is 0 Å². The van der Waals surface area contributed by atoms with E-state index in [-0.39, 0.29) is 21.1 Å². The van der Waals surface area contributed by atoms with E-state index in [1.54, 1.807) is 30.3 Å². The van der Waals surface area contributed by atoms with Gasteiger partial charge in [-0.3, -0.25) is 14.5 Å². The number of hydrogen-bond donors (Lipinski definition) is 2. The minimum atomic E-state index is -1.32. The first-order chi connectivity index (χ1) is 13.3. The number of aromatic carboxylic acids is 2. The van der Waals surface area contributed by atoms with Crippen LogP contribution in [0.4, 0.5) is 5.69 Å². The summed E-state index contributed by atoms with van der Waals surface area (Å²) in [5, 5.41) is 18.4. The molecule has 9 heteroatoms. The van der Waals surface area contributed by atoms with Crippen LogP contribution in [0.25, 0.3) is 6.08 Å². The highest BCUT2D eigenvalue weighted by atomic mass is 32.2. The number of thiocarbonyl (C=S) groups is 1. The lowest BCUT2D eigenvalue weighted by molar-refractivity contribution is -0.113. The summed E-state index contributed by atoms with van der Waals surface area (Å²) < 4.78 is 0.152. The van der Waals surface area contributed by atoms with E-state index in [0.29, 0.717) is 22.3 Å². The number of carboxylic acids is 2. The zero-order valence-corrected chi connectivity index (χ0v) is 15.6. The lowest BCUT2D eigenvalue weighted by atomic mass is 10.1. The predicted molar refractivity (Wildman–Crippen MR) is 108 cm³/mol. The molecule has 1 heterocycles. The number of carboxylic acid groups (broad SMARTS) is 2. The van der Waals surface area contributed by atoms with Crippen LogP contribution < -0.4 is 4.90 Å². The molecule has 1 aliphatic rings. The Hall–Kier alpha value is -3.30. The highest BCUT2D eigenvalue weighted by Gasteiger charge is 2.34. The Balaban J connectivity index is 1.99. The van der Waals surface area contributed by atoms with E-state index in [4.69, 9.17) is 12.2 Å². The molecule has 2 aromatic carbocycles. The molecule has 1 saturated heterocycles. The summed E-state index contributed by atoms with van der Waals surface area (Å²) in [5.74, 6) is -3.13. The fourth-order valence-electron chi connectivity index (χ4n) is 2.50. The molecule has 0 bridgehead atoms. The number of rotatable bonds is 5. The number of amides is 1. The first-order valence-electron chi connectivity index (χ1n) is 7.75. The molecule has 140 valence electrons. The third-order valence-electron chi connectivity index (χ3n) is 3.83. The number of aldehydes is 1. The molecule has 0 saturated carbocycles. The summed E-state index contributed by atoms with van der Waals surface area (Å²) in [6.45, 7) is 0. The second-order valence-corrected chi connectivity index (χ2v) is 7.36. The van der Waals surface area contributed by atoms with Crippen LogP contribution in [-0.2, 0) is 4.79 Å². The zero-order valence-electron chi connectivity index (χ0n) is 14.0. The first-order valence-corrected chi connectivity index (χ1v) is 8.97. The van der Waals surface area contributed by atoms with Gasteiger partial charge in [0, 0.05) is 5.56 Å². The van der Waals surface area contributed by atoms with Crippen molar-refractivity contribution in [3.63, 3.8) is 0 Å². The van der Waals surface area contributed by atoms with E-state index < -0.39 is 17.8 Å². The summed E-state index contributed by atoms with van der Waals surface area (Å²) in [6.07, 6.45) is 2.30. The van der Waals surface area contributed by atoms with Gasteiger partial charge in [0.15, 0.2) is 4.32 Å².